The van der Waals surface area contributed by atoms with Gasteiger partial charge in [-0.05, 0) is 73.5 Å². The smallest absolute Gasteiger partial charge is 0.321 e. The Kier molecular flexibility index (Phi) is 7.31. The lowest BCUT2D eigenvalue weighted by Crippen LogP contribution is -2.43. The number of urea groups is 1. The number of rotatable bonds is 6. The van der Waals surface area contributed by atoms with Crippen molar-refractivity contribution in [3.8, 4) is 0 Å². The maximum absolute atomic E-state index is 13.1. The second-order valence-electron chi connectivity index (χ2n) is 8.18. The number of sulfonamides is 1. The molecule has 3 amide bonds. The normalized spacial score (nSPS) is 14.3. The van der Waals surface area contributed by atoms with Crippen LogP contribution in [-0.2, 0) is 14.8 Å². The lowest BCUT2D eigenvalue weighted by molar-refractivity contribution is -0.121. The third-order valence-electron chi connectivity index (χ3n) is 5.71. The van der Waals surface area contributed by atoms with E-state index >= 15 is 0 Å². The van der Waals surface area contributed by atoms with Gasteiger partial charge in [0.15, 0.2) is 0 Å². The molecule has 3 aromatic rings. The van der Waals surface area contributed by atoms with Crippen LogP contribution in [0.1, 0.15) is 12.8 Å². The predicted molar refractivity (Wildman–Crippen MR) is 132 cm³/mol. The summed E-state index contributed by atoms with van der Waals surface area (Å²) in [6.07, 6.45) is 1.09. The van der Waals surface area contributed by atoms with E-state index in [9.17, 15) is 22.4 Å². The van der Waals surface area contributed by atoms with E-state index in [0.717, 1.165) is 17.8 Å². The Balaban J connectivity index is 1.27. The van der Waals surface area contributed by atoms with Gasteiger partial charge in [0.05, 0.1) is 4.90 Å². The summed E-state index contributed by atoms with van der Waals surface area (Å²) in [5, 5.41) is 5.70. The average molecular weight is 497 g/mol. The third kappa shape index (κ3) is 6.36. The van der Waals surface area contributed by atoms with Crippen LogP contribution in [0.3, 0.4) is 0 Å². The van der Waals surface area contributed by atoms with Gasteiger partial charge >= 0.3 is 6.03 Å². The second kappa shape index (κ2) is 10.6. The predicted octanol–water partition coefficient (Wildman–Crippen LogP) is 4.51. The number of anilines is 3. The number of carbonyl (C=O) groups excluding carboxylic acids is 2. The number of carbonyl (C=O) groups is 2. The molecule has 0 unspecified atom stereocenters. The van der Waals surface area contributed by atoms with Gasteiger partial charge in [0.2, 0.25) is 5.91 Å². The van der Waals surface area contributed by atoms with Crippen LogP contribution in [0.4, 0.5) is 26.2 Å². The van der Waals surface area contributed by atoms with Crippen LogP contribution in [-0.4, -0.2) is 38.3 Å². The molecule has 182 valence electrons. The van der Waals surface area contributed by atoms with Crippen LogP contribution >= 0.6 is 0 Å². The molecule has 1 aliphatic rings. The van der Waals surface area contributed by atoms with Gasteiger partial charge in [0.25, 0.3) is 10.0 Å². The van der Waals surface area contributed by atoms with Gasteiger partial charge in [0, 0.05) is 36.1 Å². The Labute approximate surface area is 203 Å². The van der Waals surface area contributed by atoms with Gasteiger partial charge < -0.3 is 15.5 Å². The highest BCUT2D eigenvalue weighted by Crippen LogP contribution is 2.22. The minimum atomic E-state index is -3.86. The summed E-state index contributed by atoms with van der Waals surface area (Å²) in [7, 11) is -3.86. The number of para-hydroxylation sites is 1. The monoisotopic (exact) mass is 496 g/mol. The number of nitrogens with zero attached hydrogens (tertiary/aromatic N) is 1. The van der Waals surface area contributed by atoms with E-state index in [-0.39, 0.29) is 22.8 Å². The highest BCUT2D eigenvalue weighted by atomic mass is 32.2. The van der Waals surface area contributed by atoms with Crippen molar-refractivity contribution in [2.75, 3.05) is 28.4 Å². The molecule has 0 aliphatic carbocycles. The SMILES string of the molecule is O=C(Nc1ccc(NS(=O)(=O)c2ccc(F)cc2)cc1)C1CCN(C(=O)Nc2ccccc2)CC1. The van der Waals surface area contributed by atoms with Crippen molar-refractivity contribution in [3.05, 3.63) is 84.7 Å². The number of nitrogens with one attached hydrogen (secondary N) is 3. The topological polar surface area (TPSA) is 108 Å². The van der Waals surface area contributed by atoms with Gasteiger partial charge in [-0.3, -0.25) is 9.52 Å². The van der Waals surface area contributed by atoms with E-state index in [0.29, 0.717) is 37.3 Å². The molecule has 0 atom stereocenters. The molecule has 0 saturated carbocycles. The lowest BCUT2D eigenvalue weighted by atomic mass is 9.96. The van der Waals surface area contributed by atoms with Crippen molar-refractivity contribution in [1.82, 2.24) is 4.90 Å². The summed E-state index contributed by atoms with van der Waals surface area (Å²) < 4.78 is 40.3. The first-order valence-electron chi connectivity index (χ1n) is 11.1. The number of hydrogen-bond acceptors (Lipinski definition) is 4. The van der Waals surface area contributed by atoms with E-state index in [1.54, 1.807) is 17.0 Å². The molecule has 1 saturated heterocycles. The van der Waals surface area contributed by atoms with Crippen LogP contribution in [0.5, 0.6) is 0 Å². The van der Waals surface area contributed by atoms with Crippen LogP contribution < -0.4 is 15.4 Å². The Morgan fingerprint density at radius 3 is 1.97 bits per heavy atom. The molecule has 10 heteroatoms. The molecule has 1 fully saturated rings. The molecule has 3 aromatic carbocycles. The van der Waals surface area contributed by atoms with Crippen LogP contribution in [0.15, 0.2) is 83.8 Å². The van der Waals surface area contributed by atoms with Gasteiger partial charge in [-0.2, -0.15) is 0 Å². The minimum absolute atomic E-state index is 0.0555. The van der Waals surface area contributed by atoms with Gasteiger partial charge in [-0.25, -0.2) is 17.6 Å². The third-order valence-corrected chi connectivity index (χ3v) is 7.10. The molecule has 0 radical (unpaired) electrons. The molecule has 3 N–H and O–H groups in total. The summed E-state index contributed by atoms with van der Waals surface area (Å²) in [5.41, 5.74) is 1.56. The van der Waals surface area contributed by atoms with Crippen LogP contribution in [0, 0.1) is 11.7 Å². The second-order valence-corrected chi connectivity index (χ2v) is 9.87. The quantitative estimate of drug-likeness (QED) is 0.467. The lowest BCUT2D eigenvalue weighted by Gasteiger charge is -2.31. The largest absolute Gasteiger partial charge is 0.326 e. The first kappa shape index (κ1) is 24.2. The fourth-order valence-electron chi connectivity index (χ4n) is 3.76. The molecule has 4 rings (SSSR count). The molecule has 35 heavy (non-hydrogen) atoms. The Morgan fingerprint density at radius 2 is 1.34 bits per heavy atom. The number of benzene rings is 3. The maximum atomic E-state index is 13.1. The Hall–Kier alpha value is -3.92. The molecular weight excluding hydrogens is 471 g/mol. The summed E-state index contributed by atoms with van der Waals surface area (Å²) in [6, 6.07) is 19.8. The summed E-state index contributed by atoms with van der Waals surface area (Å²) in [6.45, 7) is 0.946. The minimum Gasteiger partial charge on any atom is -0.326 e. The van der Waals surface area contributed by atoms with Crippen molar-refractivity contribution < 1.29 is 22.4 Å². The standard InChI is InChI=1S/C25H25FN4O4S/c26-19-6-12-23(13-7-19)35(33,34)29-22-10-8-21(9-11-22)27-24(31)18-14-16-30(17-15-18)25(32)28-20-4-2-1-3-5-20/h1-13,18,29H,14-17H2,(H,27,31)(H,28,32). The number of likely N-dealkylation sites (tertiary alicyclic amines) is 1. The van der Waals surface area contributed by atoms with Crippen molar-refractivity contribution in [2.24, 2.45) is 5.92 Å². The fourth-order valence-corrected chi connectivity index (χ4v) is 4.82. The zero-order valence-corrected chi connectivity index (χ0v) is 19.6. The highest BCUT2D eigenvalue weighted by molar-refractivity contribution is 7.92. The molecule has 0 spiro atoms. The van der Waals surface area contributed by atoms with E-state index in [4.69, 9.17) is 0 Å². The first-order valence-corrected chi connectivity index (χ1v) is 12.6. The summed E-state index contributed by atoms with van der Waals surface area (Å²) in [5.74, 6) is -0.898. The zero-order valence-electron chi connectivity index (χ0n) is 18.8. The molecule has 0 bridgehead atoms. The molecular formula is C25H25FN4O4S. The van der Waals surface area contributed by atoms with Crippen molar-refractivity contribution in [2.45, 2.75) is 17.7 Å². The number of amides is 3. The summed E-state index contributed by atoms with van der Waals surface area (Å²) in [4.78, 5) is 26.7. The van der Waals surface area contributed by atoms with E-state index < -0.39 is 15.8 Å². The van der Waals surface area contributed by atoms with E-state index in [1.807, 2.05) is 30.3 Å². The Bertz CT molecular complexity index is 1280. The van der Waals surface area contributed by atoms with Crippen LogP contribution in [0.25, 0.3) is 0 Å². The molecule has 8 nitrogen and oxygen atoms in total. The fraction of sp³-hybridized carbons (Fsp3) is 0.200. The summed E-state index contributed by atoms with van der Waals surface area (Å²) >= 11 is 0. The Morgan fingerprint density at radius 1 is 0.771 bits per heavy atom. The van der Waals surface area contributed by atoms with Crippen molar-refractivity contribution >= 4 is 39.0 Å². The number of hydrogen-bond donors (Lipinski definition) is 3. The first-order chi connectivity index (χ1) is 16.8. The highest BCUT2D eigenvalue weighted by Gasteiger charge is 2.27. The average Bonchev–Trinajstić information content (AvgIpc) is 2.86. The zero-order chi connectivity index (χ0) is 24.8. The molecule has 1 heterocycles. The molecule has 1 aliphatic heterocycles. The number of piperidine rings is 1. The molecule has 0 aromatic heterocycles. The number of halogens is 1. The maximum Gasteiger partial charge on any atom is 0.321 e. The van der Waals surface area contributed by atoms with Crippen LogP contribution in [0.2, 0.25) is 0 Å². The van der Waals surface area contributed by atoms with Crippen molar-refractivity contribution in [3.63, 3.8) is 0 Å². The van der Waals surface area contributed by atoms with E-state index in [2.05, 4.69) is 15.4 Å². The van der Waals surface area contributed by atoms with Gasteiger partial charge in [-0.15, -0.1) is 0 Å². The van der Waals surface area contributed by atoms with Crippen molar-refractivity contribution in [1.29, 1.82) is 0 Å². The van der Waals surface area contributed by atoms with Gasteiger partial charge in [0.1, 0.15) is 5.82 Å². The van der Waals surface area contributed by atoms with Gasteiger partial charge in [-0.1, -0.05) is 18.2 Å². The van der Waals surface area contributed by atoms with E-state index in [1.165, 1.54) is 24.3 Å².